The Hall–Kier alpha value is -2.95. The molecule has 2 amide bonds. The summed E-state index contributed by atoms with van der Waals surface area (Å²) in [4.78, 5) is 36.0. The van der Waals surface area contributed by atoms with E-state index in [-0.39, 0.29) is 22.0 Å². The summed E-state index contributed by atoms with van der Waals surface area (Å²) in [7, 11) is 0. The molecular weight excluding hydrogens is 378 g/mol. The number of benzene rings is 1. The number of thioether (sulfide) groups is 1. The first-order chi connectivity index (χ1) is 12.4. The first-order valence-corrected chi connectivity index (χ1v) is 8.40. The summed E-state index contributed by atoms with van der Waals surface area (Å²) in [5, 5.41) is 10.5. The van der Waals surface area contributed by atoms with Crippen molar-refractivity contribution in [3.63, 3.8) is 0 Å². The van der Waals surface area contributed by atoms with Gasteiger partial charge >= 0.3 is 0 Å². The second kappa shape index (κ2) is 7.12. The normalized spacial score (nSPS) is 15.5. The Bertz CT molecular complexity index is 1000. The molecule has 1 aliphatic rings. The molecule has 2 heterocycles. The van der Waals surface area contributed by atoms with E-state index < -0.39 is 17.1 Å². The van der Waals surface area contributed by atoms with Crippen molar-refractivity contribution >= 4 is 46.6 Å². The number of furan rings is 1. The Morgan fingerprint density at radius 3 is 2.77 bits per heavy atom. The number of amides is 2. The average Bonchev–Trinajstić information content (AvgIpc) is 3.15. The highest BCUT2D eigenvalue weighted by molar-refractivity contribution is 8.18. The van der Waals surface area contributed by atoms with Gasteiger partial charge in [-0.15, -0.1) is 6.42 Å². The van der Waals surface area contributed by atoms with Gasteiger partial charge < -0.3 is 14.3 Å². The minimum Gasteiger partial charge on any atom is -0.545 e. The highest BCUT2D eigenvalue weighted by atomic mass is 35.5. The molecule has 0 atom stereocenters. The highest BCUT2D eigenvalue weighted by Crippen LogP contribution is 2.33. The van der Waals surface area contributed by atoms with Crippen LogP contribution in [0.25, 0.3) is 17.4 Å². The summed E-state index contributed by atoms with van der Waals surface area (Å²) < 4.78 is 5.63. The molecule has 1 aliphatic heterocycles. The van der Waals surface area contributed by atoms with Crippen molar-refractivity contribution in [1.82, 2.24) is 4.90 Å². The molecule has 0 saturated carbocycles. The van der Waals surface area contributed by atoms with Crippen LogP contribution in [0.3, 0.4) is 0 Å². The lowest BCUT2D eigenvalue weighted by atomic mass is 10.1. The van der Waals surface area contributed by atoms with Gasteiger partial charge in [-0.05, 0) is 30.0 Å². The van der Waals surface area contributed by atoms with Gasteiger partial charge in [-0.3, -0.25) is 14.5 Å². The fraction of sp³-hybridized carbons (Fsp3) is 0.0556. The van der Waals surface area contributed by atoms with E-state index in [1.165, 1.54) is 24.3 Å². The van der Waals surface area contributed by atoms with Gasteiger partial charge in [0.05, 0.1) is 22.4 Å². The number of nitrogens with zero attached hydrogens (tertiary/aromatic N) is 1. The maximum atomic E-state index is 12.1. The second-order valence-electron chi connectivity index (χ2n) is 5.16. The third-order valence-electron chi connectivity index (χ3n) is 3.50. The maximum Gasteiger partial charge on any atom is 0.294 e. The molecule has 26 heavy (non-hydrogen) atoms. The molecule has 0 spiro atoms. The number of terminal acetylenes is 1. The lowest BCUT2D eigenvalue weighted by Gasteiger charge is -2.06. The Morgan fingerprint density at radius 1 is 1.35 bits per heavy atom. The fourth-order valence-corrected chi connectivity index (χ4v) is 3.35. The third kappa shape index (κ3) is 3.38. The number of aromatic carboxylic acids is 1. The molecule has 1 aromatic heterocycles. The summed E-state index contributed by atoms with van der Waals surface area (Å²) in [5.41, 5.74) is 0.435. The number of carboxylic acids is 1. The Balaban J connectivity index is 1.86. The number of carbonyl (C=O) groups is 3. The highest BCUT2D eigenvalue weighted by Gasteiger charge is 2.34. The lowest BCUT2D eigenvalue weighted by Crippen LogP contribution is -2.28. The topological polar surface area (TPSA) is 90.7 Å². The van der Waals surface area contributed by atoms with Gasteiger partial charge in [-0.1, -0.05) is 29.7 Å². The number of carbonyl (C=O) groups excluding carboxylic acids is 3. The molecule has 1 fully saturated rings. The monoisotopic (exact) mass is 386 g/mol. The van der Waals surface area contributed by atoms with Crippen LogP contribution in [0.2, 0.25) is 5.02 Å². The minimum absolute atomic E-state index is 0.0239. The number of imide groups is 1. The number of carboxylic acid groups (broad SMARTS) is 1. The van der Waals surface area contributed by atoms with Gasteiger partial charge in [0.1, 0.15) is 11.5 Å². The van der Waals surface area contributed by atoms with Crippen molar-refractivity contribution < 1.29 is 23.9 Å². The zero-order valence-electron chi connectivity index (χ0n) is 13.0. The predicted octanol–water partition coefficient (Wildman–Crippen LogP) is 2.63. The van der Waals surface area contributed by atoms with Crippen LogP contribution in [0.15, 0.2) is 39.7 Å². The van der Waals surface area contributed by atoms with Gasteiger partial charge in [0.15, 0.2) is 0 Å². The molecule has 1 aromatic carbocycles. The number of hydrogen-bond acceptors (Lipinski definition) is 6. The molecule has 0 bridgehead atoms. The van der Waals surface area contributed by atoms with Crippen LogP contribution in [0.5, 0.6) is 0 Å². The van der Waals surface area contributed by atoms with Gasteiger partial charge in [-0.25, -0.2) is 0 Å². The first-order valence-electron chi connectivity index (χ1n) is 7.20. The summed E-state index contributed by atoms with van der Waals surface area (Å²) in [6, 6.07) is 7.55. The van der Waals surface area contributed by atoms with Crippen LogP contribution in [0.1, 0.15) is 16.1 Å². The Kier molecular flexibility index (Phi) is 4.89. The Labute approximate surface area is 157 Å². The van der Waals surface area contributed by atoms with Crippen molar-refractivity contribution in [3.05, 3.63) is 51.6 Å². The van der Waals surface area contributed by atoms with Crippen LogP contribution in [-0.2, 0) is 4.79 Å². The number of hydrogen-bond donors (Lipinski definition) is 0. The summed E-state index contributed by atoms with van der Waals surface area (Å²) in [6.07, 6.45) is 6.59. The summed E-state index contributed by atoms with van der Waals surface area (Å²) in [6.45, 7) is -0.0886. The van der Waals surface area contributed by atoms with Crippen molar-refractivity contribution in [2.75, 3.05) is 6.54 Å². The quantitative estimate of drug-likeness (QED) is 0.592. The zero-order valence-corrected chi connectivity index (χ0v) is 14.6. The van der Waals surface area contributed by atoms with Crippen molar-refractivity contribution in [1.29, 1.82) is 0 Å². The van der Waals surface area contributed by atoms with Gasteiger partial charge in [0.25, 0.3) is 11.1 Å². The van der Waals surface area contributed by atoms with E-state index in [0.717, 1.165) is 16.7 Å². The fourth-order valence-electron chi connectivity index (χ4n) is 2.28. The SMILES string of the molecule is C#CCN1C(=O)S/C(=C\c2ccc(-c3ccc(C(=O)[O-])c(Cl)c3)o2)C1=O. The summed E-state index contributed by atoms with van der Waals surface area (Å²) in [5.74, 6) is 1.19. The standard InChI is InChI=1S/C18H10ClNO5S/c1-2-7-20-16(21)15(26-18(20)24)9-11-4-6-14(25-11)10-3-5-12(17(22)23)13(19)8-10/h1,3-6,8-9H,7H2,(H,22,23)/p-1/b15-9-. The zero-order chi connectivity index (χ0) is 18.8. The molecule has 0 unspecified atom stereocenters. The van der Waals surface area contributed by atoms with E-state index in [1.807, 2.05) is 0 Å². The number of halogens is 1. The van der Waals surface area contributed by atoms with Crippen LogP contribution in [0.4, 0.5) is 4.79 Å². The van der Waals surface area contributed by atoms with Crippen molar-refractivity contribution in [2.45, 2.75) is 0 Å². The second-order valence-corrected chi connectivity index (χ2v) is 6.56. The maximum absolute atomic E-state index is 12.1. The molecule has 6 nitrogen and oxygen atoms in total. The Morgan fingerprint density at radius 2 is 2.12 bits per heavy atom. The molecule has 3 rings (SSSR count). The predicted molar refractivity (Wildman–Crippen MR) is 95.0 cm³/mol. The van der Waals surface area contributed by atoms with E-state index in [1.54, 1.807) is 12.1 Å². The van der Waals surface area contributed by atoms with E-state index in [2.05, 4.69) is 5.92 Å². The molecule has 130 valence electrons. The molecule has 0 aliphatic carbocycles. The van der Waals surface area contributed by atoms with Crippen LogP contribution in [0, 0.1) is 12.3 Å². The van der Waals surface area contributed by atoms with E-state index in [9.17, 15) is 19.5 Å². The van der Waals surface area contributed by atoms with Crippen LogP contribution in [-0.4, -0.2) is 28.6 Å². The number of rotatable bonds is 4. The molecule has 0 radical (unpaired) electrons. The third-order valence-corrected chi connectivity index (χ3v) is 4.72. The van der Waals surface area contributed by atoms with Crippen molar-refractivity contribution in [3.8, 4) is 23.7 Å². The van der Waals surface area contributed by atoms with E-state index >= 15 is 0 Å². The molecule has 1 saturated heterocycles. The molecule has 8 heteroatoms. The van der Waals surface area contributed by atoms with Gasteiger partial charge in [0.2, 0.25) is 0 Å². The first kappa shape index (κ1) is 17.9. The largest absolute Gasteiger partial charge is 0.545 e. The van der Waals surface area contributed by atoms with Gasteiger partial charge in [0, 0.05) is 17.2 Å². The molecular formula is C18H9ClNO5S-. The van der Waals surface area contributed by atoms with E-state index in [0.29, 0.717) is 17.1 Å². The average molecular weight is 387 g/mol. The van der Waals surface area contributed by atoms with Crippen LogP contribution >= 0.6 is 23.4 Å². The van der Waals surface area contributed by atoms with Crippen LogP contribution < -0.4 is 5.11 Å². The smallest absolute Gasteiger partial charge is 0.294 e. The van der Waals surface area contributed by atoms with E-state index in [4.69, 9.17) is 22.4 Å². The lowest BCUT2D eigenvalue weighted by molar-refractivity contribution is -0.255. The van der Waals surface area contributed by atoms with Crippen molar-refractivity contribution in [2.24, 2.45) is 0 Å². The van der Waals surface area contributed by atoms with Gasteiger partial charge in [-0.2, -0.15) is 0 Å². The summed E-state index contributed by atoms with van der Waals surface area (Å²) >= 11 is 6.70. The molecule has 0 N–H and O–H groups in total. The minimum atomic E-state index is -1.37. The molecule has 2 aromatic rings.